The van der Waals surface area contributed by atoms with Gasteiger partial charge in [-0.3, -0.25) is 0 Å². The molecule has 1 aliphatic rings. The highest BCUT2D eigenvalue weighted by atomic mass is 79.9. The van der Waals surface area contributed by atoms with Gasteiger partial charge in [-0.25, -0.2) is 13.1 Å². The van der Waals surface area contributed by atoms with E-state index in [4.69, 9.17) is 23.2 Å². The zero-order valence-corrected chi connectivity index (χ0v) is 14.0. The number of rotatable bonds is 5. The van der Waals surface area contributed by atoms with Crippen molar-refractivity contribution < 1.29 is 8.42 Å². The minimum Gasteiger partial charge on any atom is -0.211 e. The molecule has 2 rings (SSSR count). The SMILES string of the molecule is O=S(=O)(NCCC1CCC1)c1c(Cl)cc(Br)cc1Cl. The van der Waals surface area contributed by atoms with Crippen LogP contribution in [0.5, 0.6) is 0 Å². The number of halogens is 3. The Morgan fingerprint density at radius 2 is 1.84 bits per heavy atom. The second-order valence-electron chi connectivity index (χ2n) is 4.68. The summed E-state index contributed by atoms with van der Waals surface area (Å²) in [5, 5.41) is 0.242. The van der Waals surface area contributed by atoms with E-state index in [1.807, 2.05) is 0 Å². The summed E-state index contributed by atoms with van der Waals surface area (Å²) < 4.78 is 27.6. The standard InChI is InChI=1S/C12H14BrCl2NO2S/c13-9-6-10(14)12(11(15)7-9)19(17,18)16-5-4-8-2-1-3-8/h6-8,16H,1-5H2. The van der Waals surface area contributed by atoms with Gasteiger partial charge in [0.1, 0.15) is 4.90 Å². The predicted molar refractivity (Wildman–Crippen MR) is 81.3 cm³/mol. The fourth-order valence-electron chi connectivity index (χ4n) is 2.04. The molecule has 1 N–H and O–H groups in total. The summed E-state index contributed by atoms with van der Waals surface area (Å²) in [5.74, 6) is 0.651. The van der Waals surface area contributed by atoms with Crippen molar-refractivity contribution in [3.8, 4) is 0 Å². The first kappa shape index (κ1) is 15.6. The summed E-state index contributed by atoms with van der Waals surface area (Å²) in [6, 6.07) is 3.04. The van der Waals surface area contributed by atoms with Crippen LogP contribution in [-0.4, -0.2) is 15.0 Å². The van der Waals surface area contributed by atoms with Gasteiger partial charge in [0.05, 0.1) is 10.0 Å². The third-order valence-corrected chi connectivity index (χ3v) is 6.14. The van der Waals surface area contributed by atoms with Crippen molar-refractivity contribution in [1.82, 2.24) is 4.72 Å². The summed E-state index contributed by atoms with van der Waals surface area (Å²) in [6.45, 7) is 0.426. The quantitative estimate of drug-likeness (QED) is 0.823. The molecule has 1 aromatic rings. The molecule has 0 spiro atoms. The third-order valence-electron chi connectivity index (χ3n) is 3.30. The van der Waals surface area contributed by atoms with Crippen LogP contribution in [-0.2, 0) is 10.0 Å². The molecular formula is C12H14BrCl2NO2S. The fraction of sp³-hybridized carbons (Fsp3) is 0.500. The number of hydrogen-bond donors (Lipinski definition) is 1. The predicted octanol–water partition coefficient (Wildman–Crippen LogP) is 4.22. The van der Waals surface area contributed by atoms with Crippen LogP contribution >= 0.6 is 39.1 Å². The highest BCUT2D eigenvalue weighted by molar-refractivity contribution is 9.10. The molecule has 0 heterocycles. The molecule has 1 aliphatic carbocycles. The van der Waals surface area contributed by atoms with Crippen LogP contribution < -0.4 is 4.72 Å². The van der Waals surface area contributed by atoms with Gasteiger partial charge in [-0.05, 0) is 24.5 Å². The first-order valence-corrected chi connectivity index (χ1v) is 9.07. The van der Waals surface area contributed by atoms with E-state index in [0.717, 1.165) is 6.42 Å². The smallest absolute Gasteiger partial charge is 0.211 e. The van der Waals surface area contributed by atoms with Gasteiger partial charge in [0.15, 0.2) is 0 Å². The second-order valence-corrected chi connectivity index (χ2v) is 8.12. The Morgan fingerprint density at radius 1 is 1.26 bits per heavy atom. The van der Waals surface area contributed by atoms with Crippen molar-refractivity contribution in [2.45, 2.75) is 30.6 Å². The lowest BCUT2D eigenvalue weighted by Gasteiger charge is -2.25. The first-order valence-electron chi connectivity index (χ1n) is 6.04. The molecule has 3 nitrogen and oxygen atoms in total. The minimum absolute atomic E-state index is 0.0485. The van der Waals surface area contributed by atoms with Crippen LogP contribution in [0.4, 0.5) is 0 Å². The minimum atomic E-state index is -3.65. The average molecular weight is 387 g/mol. The highest BCUT2D eigenvalue weighted by Crippen LogP contribution is 2.33. The van der Waals surface area contributed by atoms with E-state index in [2.05, 4.69) is 20.7 Å². The normalized spacial score (nSPS) is 16.4. The number of sulfonamides is 1. The van der Waals surface area contributed by atoms with Crippen molar-refractivity contribution in [2.75, 3.05) is 6.54 Å². The largest absolute Gasteiger partial charge is 0.243 e. The monoisotopic (exact) mass is 385 g/mol. The van der Waals surface area contributed by atoms with E-state index in [-0.39, 0.29) is 14.9 Å². The van der Waals surface area contributed by atoms with E-state index in [9.17, 15) is 8.42 Å². The lowest BCUT2D eigenvalue weighted by Crippen LogP contribution is -2.28. The van der Waals surface area contributed by atoms with E-state index in [1.54, 1.807) is 0 Å². The molecule has 106 valence electrons. The van der Waals surface area contributed by atoms with Gasteiger partial charge in [-0.15, -0.1) is 0 Å². The van der Waals surface area contributed by atoms with Crippen molar-refractivity contribution in [1.29, 1.82) is 0 Å². The third kappa shape index (κ3) is 3.85. The van der Waals surface area contributed by atoms with Gasteiger partial charge in [0.25, 0.3) is 0 Å². The van der Waals surface area contributed by atoms with Gasteiger partial charge in [0.2, 0.25) is 10.0 Å². The topological polar surface area (TPSA) is 46.2 Å². The Morgan fingerprint density at radius 3 is 2.32 bits per heavy atom. The van der Waals surface area contributed by atoms with Gasteiger partial charge in [-0.2, -0.15) is 0 Å². The summed E-state index contributed by atoms with van der Waals surface area (Å²) in [5.41, 5.74) is 0. The van der Waals surface area contributed by atoms with Crippen molar-refractivity contribution >= 4 is 49.2 Å². The van der Waals surface area contributed by atoms with Crippen LogP contribution in [0, 0.1) is 5.92 Å². The van der Waals surface area contributed by atoms with Gasteiger partial charge >= 0.3 is 0 Å². The van der Waals surface area contributed by atoms with E-state index >= 15 is 0 Å². The Bertz CT molecular complexity index is 550. The van der Waals surface area contributed by atoms with Gasteiger partial charge in [0, 0.05) is 11.0 Å². The zero-order valence-electron chi connectivity index (χ0n) is 10.1. The number of benzene rings is 1. The molecular weight excluding hydrogens is 373 g/mol. The van der Waals surface area contributed by atoms with Crippen molar-refractivity contribution in [3.63, 3.8) is 0 Å². The van der Waals surface area contributed by atoms with Crippen molar-refractivity contribution in [2.24, 2.45) is 5.92 Å². The molecule has 0 unspecified atom stereocenters. The molecule has 0 atom stereocenters. The number of nitrogens with one attached hydrogen (secondary N) is 1. The molecule has 0 amide bonds. The lowest BCUT2D eigenvalue weighted by molar-refractivity contribution is 0.297. The summed E-state index contributed by atoms with van der Waals surface area (Å²) in [7, 11) is -3.65. The van der Waals surface area contributed by atoms with Gasteiger partial charge < -0.3 is 0 Å². The molecule has 0 bridgehead atoms. The summed E-state index contributed by atoms with van der Waals surface area (Å²) in [4.78, 5) is -0.0485. The van der Waals surface area contributed by atoms with Gasteiger partial charge in [-0.1, -0.05) is 58.4 Å². The Kier molecular flexibility index (Phi) is 5.17. The second kappa shape index (κ2) is 6.31. The fourth-order valence-corrected chi connectivity index (χ4v) is 5.02. The van der Waals surface area contributed by atoms with E-state index in [1.165, 1.54) is 31.4 Å². The Balaban J connectivity index is 2.10. The number of hydrogen-bond acceptors (Lipinski definition) is 2. The zero-order chi connectivity index (χ0) is 14.0. The lowest BCUT2D eigenvalue weighted by atomic mass is 9.83. The summed E-state index contributed by atoms with van der Waals surface area (Å²) in [6.07, 6.45) is 4.51. The highest BCUT2D eigenvalue weighted by Gasteiger charge is 2.23. The average Bonchev–Trinajstić information content (AvgIpc) is 2.19. The molecule has 1 aromatic carbocycles. The Labute approximate surface area is 131 Å². The van der Waals surface area contributed by atoms with Crippen LogP contribution in [0.2, 0.25) is 10.0 Å². The molecule has 0 aliphatic heterocycles. The molecule has 0 aromatic heterocycles. The van der Waals surface area contributed by atoms with E-state index in [0.29, 0.717) is 16.9 Å². The van der Waals surface area contributed by atoms with Crippen LogP contribution in [0.25, 0.3) is 0 Å². The maximum atomic E-state index is 12.2. The maximum absolute atomic E-state index is 12.2. The van der Waals surface area contributed by atoms with Crippen molar-refractivity contribution in [3.05, 3.63) is 26.7 Å². The molecule has 19 heavy (non-hydrogen) atoms. The van der Waals surface area contributed by atoms with E-state index < -0.39 is 10.0 Å². The molecule has 0 radical (unpaired) electrons. The van der Waals surface area contributed by atoms with Crippen LogP contribution in [0.1, 0.15) is 25.7 Å². The first-order chi connectivity index (χ1) is 8.90. The Hall–Kier alpha value is 0.190. The molecule has 7 heteroatoms. The molecule has 1 saturated carbocycles. The molecule has 1 fully saturated rings. The molecule has 0 saturated heterocycles. The van der Waals surface area contributed by atoms with Crippen LogP contribution in [0.3, 0.4) is 0 Å². The maximum Gasteiger partial charge on any atom is 0.243 e. The van der Waals surface area contributed by atoms with Crippen LogP contribution in [0.15, 0.2) is 21.5 Å². The summed E-state index contributed by atoms with van der Waals surface area (Å²) >= 11 is 15.1.